The van der Waals surface area contributed by atoms with Gasteiger partial charge in [0.15, 0.2) is 0 Å². The van der Waals surface area contributed by atoms with Crippen molar-refractivity contribution in [3.63, 3.8) is 0 Å². The zero-order valence-electron chi connectivity index (χ0n) is 14.9. The molecule has 3 aromatic rings. The number of aromatic nitrogens is 1. The fourth-order valence-electron chi connectivity index (χ4n) is 2.46. The summed E-state index contributed by atoms with van der Waals surface area (Å²) in [6, 6.07) is 13.7. The van der Waals surface area contributed by atoms with Gasteiger partial charge in [0.05, 0.1) is 9.92 Å². The van der Waals surface area contributed by atoms with Gasteiger partial charge in [0, 0.05) is 16.4 Å². The summed E-state index contributed by atoms with van der Waals surface area (Å²) in [5.74, 6) is -0.615. The fourth-order valence-corrected chi connectivity index (χ4v) is 4.26. The van der Waals surface area contributed by atoms with Gasteiger partial charge in [-0.25, -0.2) is 13.4 Å². The lowest BCUT2D eigenvalue weighted by Crippen LogP contribution is -2.17. The van der Waals surface area contributed by atoms with Gasteiger partial charge in [-0.2, -0.15) is 0 Å². The Bertz CT molecular complexity index is 1180. The molecule has 2 N–H and O–H groups in total. The number of hydrogen-bond acceptors (Lipinski definition) is 4. The Hall–Kier alpha value is -2.32. The molecule has 3 rings (SSSR count). The van der Waals surface area contributed by atoms with E-state index in [9.17, 15) is 13.2 Å². The summed E-state index contributed by atoms with van der Waals surface area (Å²) in [4.78, 5) is 16.4. The minimum Gasteiger partial charge on any atom is -0.321 e. The van der Waals surface area contributed by atoms with E-state index in [1.54, 1.807) is 43.3 Å². The van der Waals surface area contributed by atoms with Crippen molar-refractivity contribution in [1.29, 1.82) is 0 Å². The Balaban J connectivity index is 1.88. The van der Waals surface area contributed by atoms with Gasteiger partial charge in [0.1, 0.15) is 10.8 Å². The molecule has 0 aliphatic rings. The van der Waals surface area contributed by atoms with Gasteiger partial charge < -0.3 is 5.32 Å². The number of amides is 1. The summed E-state index contributed by atoms with van der Waals surface area (Å²) in [6.45, 7) is 1.65. The lowest BCUT2D eigenvalue weighted by atomic mass is 10.2. The molecule has 29 heavy (non-hydrogen) atoms. The van der Waals surface area contributed by atoms with E-state index in [-0.39, 0.29) is 26.5 Å². The maximum atomic E-state index is 12.8. The maximum Gasteiger partial charge on any atom is 0.275 e. The van der Waals surface area contributed by atoms with Crippen LogP contribution in [0.1, 0.15) is 16.1 Å². The standard InChI is InChI=1S/C19H14Cl3N3O3S/c1-11-2-5-14(23-19(26)18-15(21)8-9-17(22)24-18)10-16(11)29(27,28)25-13-6-3-12(20)4-7-13/h2-10,25H,1H3,(H,23,26). The highest BCUT2D eigenvalue weighted by molar-refractivity contribution is 7.92. The Kier molecular flexibility index (Phi) is 6.33. The Morgan fingerprint density at radius 1 is 0.931 bits per heavy atom. The first kappa shape index (κ1) is 21.4. The zero-order chi connectivity index (χ0) is 21.2. The fraction of sp³-hybridized carbons (Fsp3) is 0.0526. The van der Waals surface area contributed by atoms with Crippen molar-refractivity contribution in [2.75, 3.05) is 10.0 Å². The van der Waals surface area contributed by atoms with Crippen molar-refractivity contribution in [2.45, 2.75) is 11.8 Å². The molecule has 0 spiro atoms. The molecule has 10 heteroatoms. The number of carbonyl (C=O) groups excluding carboxylic acids is 1. The SMILES string of the molecule is Cc1ccc(NC(=O)c2nc(Cl)ccc2Cl)cc1S(=O)(=O)Nc1ccc(Cl)cc1. The summed E-state index contributed by atoms with van der Waals surface area (Å²) in [5.41, 5.74) is 1.06. The summed E-state index contributed by atoms with van der Waals surface area (Å²) in [5, 5.41) is 3.30. The average molecular weight is 471 g/mol. The van der Waals surface area contributed by atoms with Crippen molar-refractivity contribution in [2.24, 2.45) is 0 Å². The van der Waals surface area contributed by atoms with Crippen LogP contribution in [-0.2, 0) is 10.0 Å². The Morgan fingerprint density at radius 2 is 1.59 bits per heavy atom. The van der Waals surface area contributed by atoms with E-state index in [0.29, 0.717) is 16.3 Å². The molecule has 1 heterocycles. The number of halogens is 3. The number of aryl methyl sites for hydroxylation is 1. The second kappa shape index (κ2) is 8.59. The molecule has 0 radical (unpaired) electrons. The van der Waals surface area contributed by atoms with Crippen LogP contribution in [0.5, 0.6) is 0 Å². The number of carbonyl (C=O) groups is 1. The number of benzene rings is 2. The molecule has 0 saturated carbocycles. The summed E-state index contributed by atoms with van der Waals surface area (Å²) in [7, 11) is -3.90. The topological polar surface area (TPSA) is 88.2 Å². The molecule has 1 aromatic heterocycles. The normalized spacial score (nSPS) is 11.2. The van der Waals surface area contributed by atoms with Gasteiger partial charge in [0.2, 0.25) is 0 Å². The van der Waals surface area contributed by atoms with E-state index in [2.05, 4.69) is 15.0 Å². The monoisotopic (exact) mass is 469 g/mol. The summed E-state index contributed by atoms with van der Waals surface area (Å²) >= 11 is 17.6. The first-order chi connectivity index (χ1) is 13.7. The van der Waals surface area contributed by atoms with Crippen LogP contribution in [0, 0.1) is 6.92 Å². The molecule has 0 aliphatic heterocycles. The highest BCUT2D eigenvalue weighted by Gasteiger charge is 2.19. The number of sulfonamides is 1. The van der Waals surface area contributed by atoms with E-state index in [1.165, 1.54) is 18.2 Å². The third-order valence-corrected chi connectivity index (χ3v) is 6.15. The van der Waals surface area contributed by atoms with Crippen LogP contribution in [0.25, 0.3) is 0 Å². The molecule has 0 fully saturated rings. The molecule has 0 aliphatic carbocycles. The number of hydrogen-bond donors (Lipinski definition) is 2. The number of pyridine rings is 1. The third-order valence-electron chi connectivity index (χ3n) is 3.86. The Labute approximate surface area is 182 Å². The first-order valence-electron chi connectivity index (χ1n) is 8.18. The second-order valence-corrected chi connectivity index (χ2v) is 8.89. The van der Waals surface area contributed by atoms with E-state index in [4.69, 9.17) is 34.8 Å². The van der Waals surface area contributed by atoms with Gasteiger partial charge >= 0.3 is 0 Å². The molecular formula is C19H14Cl3N3O3S. The maximum absolute atomic E-state index is 12.8. The number of rotatable bonds is 5. The van der Waals surface area contributed by atoms with Crippen LogP contribution in [-0.4, -0.2) is 19.3 Å². The molecule has 2 aromatic carbocycles. The summed E-state index contributed by atoms with van der Waals surface area (Å²) < 4.78 is 28.1. The van der Waals surface area contributed by atoms with Crippen LogP contribution in [0.4, 0.5) is 11.4 Å². The number of nitrogens with zero attached hydrogens (tertiary/aromatic N) is 1. The second-order valence-electron chi connectivity index (χ2n) is 6.01. The van der Waals surface area contributed by atoms with E-state index < -0.39 is 15.9 Å². The lowest BCUT2D eigenvalue weighted by molar-refractivity contribution is 0.102. The van der Waals surface area contributed by atoms with Gasteiger partial charge in [-0.3, -0.25) is 9.52 Å². The largest absolute Gasteiger partial charge is 0.321 e. The predicted molar refractivity (Wildman–Crippen MR) is 116 cm³/mol. The van der Waals surface area contributed by atoms with E-state index in [0.717, 1.165) is 0 Å². The highest BCUT2D eigenvalue weighted by Crippen LogP contribution is 2.25. The van der Waals surface area contributed by atoms with E-state index in [1.807, 2.05) is 0 Å². The van der Waals surface area contributed by atoms with Gasteiger partial charge in [0.25, 0.3) is 15.9 Å². The molecule has 0 atom stereocenters. The van der Waals surface area contributed by atoms with Gasteiger partial charge in [-0.1, -0.05) is 40.9 Å². The van der Waals surface area contributed by atoms with Crippen molar-refractivity contribution >= 4 is 62.1 Å². The smallest absolute Gasteiger partial charge is 0.275 e. The predicted octanol–water partition coefficient (Wildman–Crippen LogP) is 5.40. The quantitative estimate of drug-likeness (QED) is 0.488. The molecule has 6 nitrogen and oxygen atoms in total. The van der Waals surface area contributed by atoms with E-state index >= 15 is 0 Å². The average Bonchev–Trinajstić information content (AvgIpc) is 2.66. The third kappa shape index (κ3) is 5.19. The molecular weight excluding hydrogens is 457 g/mol. The van der Waals surface area contributed by atoms with Crippen molar-refractivity contribution < 1.29 is 13.2 Å². The number of nitrogens with one attached hydrogen (secondary N) is 2. The Morgan fingerprint density at radius 3 is 2.28 bits per heavy atom. The van der Waals surface area contributed by atoms with Crippen LogP contribution in [0.2, 0.25) is 15.2 Å². The molecule has 0 bridgehead atoms. The van der Waals surface area contributed by atoms with Crippen LogP contribution < -0.4 is 10.0 Å². The molecule has 0 saturated heterocycles. The minimum atomic E-state index is -3.90. The van der Waals surface area contributed by atoms with Crippen molar-refractivity contribution in [3.05, 3.63) is 81.1 Å². The molecule has 1 amide bonds. The summed E-state index contributed by atoms with van der Waals surface area (Å²) in [6.07, 6.45) is 0. The van der Waals surface area contributed by atoms with Crippen LogP contribution >= 0.6 is 34.8 Å². The molecule has 0 unspecified atom stereocenters. The van der Waals surface area contributed by atoms with Crippen LogP contribution in [0.15, 0.2) is 59.5 Å². The molecule has 150 valence electrons. The van der Waals surface area contributed by atoms with Gasteiger partial charge in [-0.05, 0) is 61.0 Å². The highest BCUT2D eigenvalue weighted by atomic mass is 35.5. The number of anilines is 2. The zero-order valence-corrected chi connectivity index (χ0v) is 18.0. The minimum absolute atomic E-state index is 0.00963. The van der Waals surface area contributed by atoms with Gasteiger partial charge in [-0.15, -0.1) is 0 Å². The lowest BCUT2D eigenvalue weighted by Gasteiger charge is -2.13. The first-order valence-corrected chi connectivity index (χ1v) is 10.8. The van der Waals surface area contributed by atoms with Crippen molar-refractivity contribution in [3.8, 4) is 0 Å². The van der Waals surface area contributed by atoms with Crippen LogP contribution in [0.3, 0.4) is 0 Å². The van der Waals surface area contributed by atoms with Crippen molar-refractivity contribution in [1.82, 2.24) is 4.98 Å².